The molecule has 1 atom stereocenters. The molecule has 2 heterocycles. The van der Waals surface area contributed by atoms with Crippen LogP contribution in [0.15, 0.2) is 84.6 Å². The molecular formula is C31H30F2N2O4. The van der Waals surface area contributed by atoms with Gasteiger partial charge in [0.2, 0.25) is 11.6 Å². The Bertz CT molecular complexity index is 1490. The molecule has 1 N–H and O–H groups in total. The number of aromatic nitrogens is 1. The normalized spacial score (nSPS) is 18.7. The molecule has 39 heavy (non-hydrogen) atoms. The Hall–Kier alpha value is -4.04. The summed E-state index contributed by atoms with van der Waals surface area (Å²) in [5.41, 5.74) is 3.33. The fourth-order valence-corrected chi connectivity index (χ4v) is 5.27. The van der Waals surface area contributed by atoms with Gasteiger partial charge in [-0.05, 0) is 23.3 Å². The van der Waals surface area contributed by atoms with Gasteiger partial charge in [0.05, 0.1) is 30.4 Å². The average molecular weight is 533 g/mol. The van der Waals surface area contributed by atoms with Gasteiger partial charge in [-0.15, -0.1) is 0 Å². The largest absolute Gasteiger partial charge is 0.460 e. The lowest BCUT2D eigenvalue weighted by Crippen LogP contribution is -2.37. The van der Waals surface area contributed by atoms with E-state index in [-0.39, 0.29) is 19.8 Å². The predicted molar refractivity (Wildman–Crippen MR) is 145 cm³/mol. The van der Waals surface area contributed by atoms with Crippen LogP contribution in [0.2, 0.25) is 0 Å². The highest BCUT2D eigenvalue weighted by Gasteiger charge is 2.37. The molecule has 6 nitrogen and oxygen atoms in total. The number of ketones is 1. The first-order valence-corrected chi connectivity index (χ1v) is 12.9. The third-order valence-electron chi connectivity index (χ3n) is 7.02. The lowest BCUT2D eigenvalue weighted by atomic mass is 9.81. The number of allylic oxidation sites excluding steroid dienone is 3. The number of carbonyl (C=O) groups excluding carboxylic acids is 2. The molecule has 1 aliphatic carbocycles. The Balaban J connectivity index is 1.39. The van der Waals surface area contributed by atoms with Gasteiger partial charge < -0.3 is 19.4 Å². The predicted octanol–water partition coefficient (Wildman–Crippen LogP) is 5.77. The van der Waals surface area contributed by atoms with Crippen LogP contribution >= 0.6 is 0 Å². The molecule has 1 unspecified atom stereocenters. The summed E-state index contributed by atoms with van der Waals surface area (Å²) < 4.78 is 38.9. The number of hydrogen-bond acceptors (Lipinski definition) is 5. The lowest BCUT2D eigenvalue weighted by molar-refractivity contribution is -0.138. The summed E-state index contributed by atoms with van der Waals surface area (Å²) in [5.74, 6) is -4.87. The number of benzene rings is 2. The molecule has 0 saturated carbocycles. The maximum absolute atomic E-state index is 14.0. The van der Waals surface area contributed by atoms with Crippen molar-refractivity contribution >= 4 is 28.2 Å². The highest BCUT2D eigenvalue weighted by Crippen LogP contribution is 2.40. The Labute approximate surface area is 225 Å². The number of rotatable bonds is 8. The topological polar surface area (TPSA) is 71.6 Å². The van der Waals surface area contributed by atoms with E-state index in [0.29, 0.717) is 24.4 Å². The van der Waals surface area contributed by atoms with Crippen LogP contribution in [0.4, 0.5) is 8.78 Å². The fraction of sp³-hybridized carbons (Fsp3) is 0.290. The molecule has 0 fully saturated rings. The second kappa shape index (κ2) is 11.0. The van der Waals surface area contributed by atoms with Crippen molar-refractivity contribution in [2.24, 2.45) is 5.92 Å². The maximum atomic E-state index is 14.0. The smallest absolute Gasteiger partial charge is 0.341 e. The molecule has 0 spiro atoms. The van der Waals surface area contributed by atoms with Gasteiger partial charge in [-0.1, -0.05) is 68.5 Å². The monoisotopic (exact) mass is 532 g/mol. The number of para-hydroxylation sites is 1. The summed E-state index contributed by atoms with van der Waals surface area (Å²) in [7, 11) is 0. The summed E-state index contributed by atoms with van der Waals surface area (Å²) in [4.78, 5) is 31.1. The van der Waals surface area contributed by atoms with Gasteiger partial charge in [0, 0.05) is 35.6 Å². The lowest BCUT2D eigenvalue weighted by Gasteiger charge is -2.32. The van der Waals surface area contributed by atoms with Gasteiger partial charge in [-0.2, -0.15) is 4.39 Å². The molecule has 8 heteroatoms. The first-order chi connectivity index (χ1) is 18.7. The fourth-order valence-electron chi connectivity index (χ4n) is 5.27. The van der Waals surface area contributed by atoms with Crippen LogP contribution < -0.4 is 0 Å². The van der Waals surface area contributed by atoms with Crippen LogP contribution in [-0.2, 0) is 31.1 Å². The molecule has 2 aliphatic rings. The van der Waals surface area contributed by atoms with Crippen molar-refractivity contribution in [1.29, 1.82) is 0 Å². The third kappa shape index (κ3) is 5.56. The number of aromatic amines is 1. The number of halogens is 2. The minimum absolute atomic E-state index is 0.0566. The van der Waals surface area contributed by atoms with Crippen LogP contribution in [0.3, 0.4) is 0 Å². The number of hydrogen-bond donors (Lipinski definition) is 1. The molecular weight excluding hydrogens is 502 g/mol. The van der Waals surface area contributed by atoms with E-state index in [1.165, 1.54) is 6.08 Å². The number of carbonyl (C=O) groups is 2. The molecule has 0 bridgehead atoms. The van der Waals surface area contributed by atoms with E-state index in [1.54, 1.807) is 6.20 Å². The number of nitrogens with one attached hydrogen (secondary N) is 1. The summed E-state index contributed by atoms with van der Waals surface area (Å²) >= 11 is 0. The number of H-pyrrole nitrogens is 1. The van der Waals surface area contributed by atoms with Gasteiger partial charge in [-0.25, -0.2) is 9.18 Å². The average Bonchev–Trinajstić information content (AvgIpc) is 3.27. The van der Waals surface area contributed by atoms with Crippen molar-refractivity contribution in [1.82, 2.24) is 9.88 Å². The molecule has 0 saturated heterocycles. The van der Waals surface area contributed by atoms with E-state index >= 15 is 0 Å². The van der Waals surface area contributed by atoms with Gasteiger partial charge >= 0.3 is 5.97 Å². The Morgan fingerprint density at radius 1 is 1.08 bits per heavy atom. The number of fused-ring (bicyclic) bond motifs is 3. The molecule has 0 amide bonds. The number of nitrogens with zero attached hydrogens (tertiary/aromatic N) is 1. The van der Waals surface area contributed by atoms with E-state index in [0.717, 1.165) is 28.1 Å². The Morgan fingerprint density at radius 3 is 2.62 bits per heavy atom. The molecule has 3 aromatic rings. The molecule has 202 valence electrons. The molecule has 1 aliphatic heterocycles. The van der Waals surface area contributed by atoms with Gasteiger partial charge in [0.1, 0.15) is 6.61 Å². The van der Waals surface area contributed by atoms with Crippen molar-refractivity contribution < 1.29 is 27.8 Å². The molecule has 5 rings (SSSR count). The molecule has 2 aromatic carbocycles. The number of esters is 1. The summed E-state index contributed by atoms with van der Waals surface area (Å²) in [6.07, 6.45) is 4.00. The quantitative estimate of drug-likeness (QED) is 0.295. The molecule has 1 aromatic heterocycles. The van der Waals surface area contributed by atoms with E-state index in [1.807, 2.05) is 59.5 Å². The van der Waals surface area contributed by atoms with Crippen molar-refractivity contribution in [2.45, 2.75) is 25.9 Å². The first-order valence-electron chi connectivity index (χ1n) is 12.9. The zero-order valence-electron chi connectivity index (χ0n) is 21.9. The summed E-state index contributed by atoms with van der Waals surface area (Å²) in [6.45, 7) is 5.31. The van der Waals surface area contributed by atoms with E-state index < -0.39 is 34.7 Å². The van der Waals surface area contributed by atoms with Crippen molar-refractivity contribution in [3.8, 4) is 0 Å². The summed E-state index contributed by atoms with van der Waals surface area (Å²) in [5, 5.41) is 0.980. The highest BCUT2D eigenvalue weighted by molar-refractivity contribution is 6.18. The van der Waals surface area contributed by atoms with E-state index in [9.17, 15) is 18.4 Å². The van der Waals surface area contributed by atoms with Crippen LogP contribution in [0.25, 0.3) is 16.5 Å². The van der Waals surface area contributed by atoms with Crippen LogP contribution in [-0.4, -0.2) is 47.9 Å². The summed E-state index contributed by atoms with van der Waals surface area (Å²) in [6, 6.07) is 17.5. The van der Waals surface area contributed by atoms with Crippen LogP contribution in [0, 0.1) is 5.92 Å². The highest BCUT2D eigenvalue weighted by atomic mass is 19.2. The van der Waals surface area contributed by atoms with Crippen molar-refractivity contribution in [2.75, 3.05) is 26.3 Å². The second-order valence-corrected chi connectivity index (χ2v) is 10.4. The zero-order valence-corrected chi connectivity index (χ0v) is 21.9. The minimum atomic E-state index is -1.37. The number of Topliss-reactive ketones (excluding diaryl/α,β-unsaturated/α-hetero) is 1. The van der Waals surface area contributed by atoms with E-state index in [2.05, 4.69) is 18.8 Å². The van der Waals surface area contributed by atoms with Crippen LogP contribution in [0.1, 0.15) is 30.7 Å². The standard InChI is InChI=1S/C31H30F2N2O4/c1-31(2)19-35(16-21-12-13-24(32)27(33)29(21)36)17-23(28-26(31)22-10-6-7-11-25(22)34-28)30(37)39-15-14-38-18-20-8-4-3-5-9-20/h3-13,17,21,34H,14-16,18-19H2,1-2H3. The first kappa shape index (κ1) is 26.6. The second-order valence-electron chi connectivity index (χ2n) is 10.4. The molecule has 0 radical (unpaired) electrons. The van der Waals surface area contributed by atoms with Crippen molar-refractivity contribution in [3.05, 3.63) is 101 Å². The van der Waals surface area contributed by atoms with Crippen molar-refractivity contribution in [3.63, 3.8) is 0 Å². The van der Waals surface area contributed by atoms with Gasteiger partial charge in [0.25, 0.3) is 0 Å². The van der Waals surface area contributed by atoms with Gasteiger partial charge in [0.15, 0.2) is 5.83 Å². The zero-order chi connectivity index (χ0) is 27.6. The van der Waals surface area contributed by atoms with Gasteiger partial charge in [-0.3, -0.25) is 4.79 Å². The van der Waals surface area contributed by atoms with Crippen LogP contribution in [0.5, 0.6) is 0 Å². The Kier molecular flexibility index (Phi) is 7.48. The minimum Gasteiger partial charge on any atom is -0.460 e. The SMILES string of the molecule is CC1(C)CN(CC2C=CC(F)=C(F)C2=O)C=C(C(=O)OCCOCc2ccccc2)c2[nH]c3ccccc3c21. The number of ether oxygens (including phenoxy) is 2. The maximum Gasteiger partial charge on any atom is 0.341 e. The van der Waals surface area contributed by atoms with E-state index in [4.69, 9.17) is 9.47 Å². The Morgan fingerprint density at radius 2 is 1.82 bits per heavy atom. The third-order valence-corrected chi connectivity index (χ3v) is 7.02.